The van der Waals surface area contributed by atoms with Crippen LogP contribution in [0, 0.1) is 13.8 Å². The van der Waals surface area contributed by atoms with Crippen LogP contribution in [-0.4, -0.2) is 34.5 Å². The maximum Gasteiger partial charge on any atom is 0.347 e. The molecule has 2 aliphatic rings. The summed E-state index contributed by atoms with van der Waals surface area (Å²) in [7, 11) is 0. The van der Waals surface area contributed by atoms with Crippen LogP contribution in [-0.2, 0) is 17.8 Å². The van der Waals surface area contributed by atoms with Crippen molar-refractivity contribution in [3.05, 3.63) is 39.9 Å². The Bertz CT molecular complexity index is 1040. The molecule has 0 aliphatic carbocycles. The standard InChI is InChI=1S/C23H26O7/c1-6-27-10-14-15(24)7-11(2)19-21(14)28-17-9-16-13(8-18(25)23(4,5)30-16)12(3)20(17)29-22(19)26/h7,9,18,24-25H,6,8,10H2,1-5H3. The van der Waals surface area contributed by atoms with E-state index in [0.717, 1.165) is 5.56 Å². The zero-order valence-corrected chi connectivity index (χ0v) is 17.8. The summed E-state index contributed by atoms with van der Waals surface area (Å²) < 4.78 is 23.4. The van der Waals surface area contributed by atoms with Crippen molar-refractivity contribution >= 4 is 5.97 Å². The van der Waals surface area contributed by atoms with Gasteiger partial charge in [0.1, 0.15) is 22.7 Å². The van der Waals surface area contributed by atoms with Crippen molar-refractivity contribution in [3.63, 3.8) is 0 Å². The Balaban J connectivity index is 1.89. The number of benzene rings is 2. The first-order valence-electron chi connectivity index (χ1n) is 10.0. The Hall–Kier alpha value is -2.77. The van der Waals surface area contributed by atoms with Crippen LogP contribution in [0.4, 0.5) is 0 Å². The smallest absolute Gasteiger partial charge is 0.347 e. The number of aliphatic hydroxyl groups is 1. The van der Waals surface area contributed by atoms with E-state index in [1.54, 1.807) is 13.0 Å². The van der Waals surface area contributed by atoms with Crippen molar-refractivity contribution in [2.24, 2.45) is 0 Å². The number of rotatable bonds is 3. The highest BCUT2D eigenvalue weighted by molar-refractivity contribution is 5.98. The van der Waals surface area contributed by atoms with Gasteiger partial charge in [-0.1, -0.05) is 0 Å². The molecule has 7 heteroatoms. The first-order valence-corrected chi connectivity index (χ1v) is 10.0. The molecule has 2 heterocycles. The summed E-state index contributed by atoms with van der Waals surface area (Å²) in [5, 5.41) is 20.9. The molecule has 30 heavy (non-hydrogen) atoms. The maximum absolute atomic E-state index is 13.0. The third-order valence-electron chi connectivity index (χ3n) is 5.77. The minimum absolute atomic E-state index is 0.00821. The zero-order valence-electron chi connectivity index (χ0n) is 17.8. The van der Waals surface area contributed by atoms with E-state index >= 15 is 0 Å². The van der Waals surface area contributed by atoms with Crippen LogP contribution >= 0.6 is 0 Å². The predicted octanol–water partition coefficient (Wildman–Crippen LogP) is 3.94. The van der Waals surface area contributed by atoms with Gasteiger partial charge < -0.3 is 29.2 Å². The molecule has 160 valence electrons. The Morgan fingerprint density at radius 1 is 1.17 bits per heavy atom. The van der Waals surface area contributed by atoms with Crippen LogP contribution in [0.5, 0.6) is 28.7 Å². The van der Waals surface area contributed by atoms with Gasteiger partial charge in [0.05, 0.1) is 18.3 Å². The molecular formula is C23H26O7. The number of ether oxygens (including phenoxy) is 4. The lowest BCUT2D eigenvalue weighted by molar-refractivity contribution is -0.0414. The second-order valence-corrected chi connectivity index (χ2v) is 8.25. The van der Waals surface area contributed by atoms with E-state index in [0.29, 0.717) is 41.2 Å². The number of fused-ring (bicyclic) bond motifs is 3. The van der Waals surface area contributed by atoms with Crippen LogP contribution in [0.3, 0.4) is 0 Å². The molecule has 0 saturated carbocycles. The largest absolute Gasteiger partial charge is 0.507 e. The molecule has 1 unspecified atom stereocenters. The van der Waals surface area contributed by atoms with Crippen molar-refractivity contribution in [2.45, 2.75) is 59.4 Å². The van der Waals surface area contributed by atoms with Crippen molar-refractivity contribution in [1.29, 1.82) is 0 Å². The number of phenolic OH excluding ortho intramolecular Hbond substituents is 1. The number of carbonyl (C=O) groups excluding carboxylic acids is 1. The highest BCUT2D eigenvalue weighted by Crippen LogP contribution is 2.49. The summed E-state index contributed by atoms with van der Waals surface area (Å²) in [4.78, 5) is 13.0. The molecule has 2 aromatic rings. The molecule has 2 N–H and O–H groups in total. The van der Waals surface area contributed by atoms with Crippen molar-refractivity contribution in [3.8, 4) is 28.7 Å². The minimum Gasteiger partial charge on any atom is -0.507 e. The van der Waals surface area contributed by atoms with Gasteiger partial charge in [0.25, 0.3) is 0 Å². The first kappa shape index (κ1) is 20.5. The molecule has 0 spiro atoms. The summed E-state index contributed by atoms with van der Waals surface area (Å²) in [5.41, 5.74) is 1.85. The van der Waals surface area contributed by atoms with Crippen LogP contribution < -0.4 is 14.2 Å². The van der Waals surface area contributed by atoms with E-state index in [-0.39, 0.29) is 29.4 Å². The van der Waals surface area contributed by atoms with Crippen LogP contribution in [0.25, 0.3) is 0 Å². The number of aromatic hydroxyl groups is 1. The number of hydrogen-bond acceptors (Lipinski definition) is 7. The molecule has 0 aromatic heterocycles. The third kappa shape index (κ3) is 3.18. The van der Waals surface area contributed by atoms with E-state index in [1.165, 1.54) is 6.07 Å². The predicted molar refractivity (Wildman–Crippen MR) is 109 cm³/mol. The number of phenols is 1. The zero-order chi connectivity index (χ0) is 21.8. The van der Waals surface area contributed by atoms with Gasteiger partial charge in [-0.05, 0) is 46.2 Å². The monoisotopic (exact) mass is 414 g/mol. The van der Waals surface area contributed by atoms with E-state index in [9.17, 15) is 15.0 Å². The van der Waals surface area contributed by atoms with Crippen LogP contribution in [0.1, 0.15) is 53.4 Å². The van der Waals surface area contributed by atoms with Gasteiger partial charge in [0.2, 0.25) is 0 Å². The molecular weight excluding hydrogens is 388 g/mol. The molecule has 2 aromatic carbocycles. The lowest BCUT2D eigenvalue weighted by Crippen LogP contribution is -2.46. The molecule has 2 aliphatic heterocycles. The molecule has 0 fully saturated rings. The quantitative estimate of drug-likeness (QED) is 0.580. The summed E-state index contributed by atoms with van der Waals surface area (Å²) >= 11 is 0. The first-order chi connectivity index (χ1) is 14.1. The average Bonchev–Trinajstić information content (AvgIpc) is 2.80. The van der Waals surface area contributed by atoms with Gasteiger partial charge in [-0.25, -0.2) is 4.79 Å². The van der Waals surface area contributed by atoms with Crippen LogP contribution in [0.2, 0.25) is 0 Å². The SMILES string of the molecule is CCOCc1c(O)cc(C)c2c1Oc1cc3c(c(C)c1OC2=O)CC(O)C(C)(C)O3. The van der Waals surface area contributed by atoms with Gasteiger partial charge in [-0.15, -0.1) is 0 Å². The third-order valence-corrected chi connectivity index (χ3v) is 5.77. The molecule has 0 saturated heterocycles. The van der Waals surface area contributed by atoms with Gasteiger partial charge in [-0.3, -0.25) is 0 Å². The molecule has 7 nitrogen and oxygen atoms in total. The summed E-state index contributed by atoms with van der Waals surface area (Å²) in [6.07, 6.45) is -0.320. The Labute approximate surface area is 175 Å². The molecule has 4 rings (SSSR count). The van der Waals surface area contributed by atoms with Crippen molar-refractivity contribution in [1.82, 2.24) is 0 Å². The summed E-state index contributed by atoms with van der Waals surface area (Å²) in [5.74, 6) is 0.814. The van der Waals surface area contributed by atoms with Gasteiger partial charge in [0.15, 0.2) is 17.2 Å². The molecule has 0 bridgehead atoms. The Morgan fingerprint density at radius 3 is 2.60 bits per heavy atom. The van der Waals surface area contributed by atoms with E-state index in [4.69, 9.17) is 18.9 Å². The van der Waals surface area contributed by atoms with E-state index in [2.05, 4.69) is 0 Å². The Kier molecular flexibility index (Phi) is 4.91. The number of aryl methyl sites for hydroxylation is 1. The lowest BCUT2D eigenvalue weighted by Gasteiger charge is -2.38. The molecule has 1 atom stereocenters. The summed E-state index contributed by atoms with van der Waals surface area (Å²) in [6, 6.07) is 3.19. The number of aliphatic hydroxyl groups excluding tert-OH is 1. The second kappa shape index (κ2) is 7.18. The molecule has 0 amide bonds. The fraction of sp³-hybridized carbons (Fsp3) is 0.435. The van der Waals surface area contributed by atoms with Gasteiger partial charge >= 0.3 is 5.97 Å². The fourth-order valence-corrected chi connectivity index (χ4v) is 3.89. The van der Waals surface area contributed by atoms with Gasteiger partial charge in [-0.2, -0.15) is 0 Å². The Morgan fingerprint density at radius 2 is 1.90 bits per heavy atom. The number of hydrogen-bond donors (Lipinski definition) is 2. The lowest BCUT2D eigenvalue weighted by atomic mass is 9.88. The van der Waals surface area contributed by atoms with Crippen LogP contribution in [0.15, 0.2) is 12.1 Å². The average molecular weight is 414 g/mol. The highest BCUT2D eigenvalue weighted by Gasteiger charge is 2.39. The number of carbonyl (C=O) groups is 1. The second-order valence-electron chi connectivity index (χ2n) is 8.25. The highest BCUT2D eigenvalue weighted by atomic mass is 16.6. The van der Waals surface area contributed by atoms with Crippen molar-refractivity contribution < 1.29 is 34.0 Å². The maximum atomic E-state index is 13.0. The van der Waals surface area contributed by atoms with E-state index in [1.807, 2.05) is 27.7 Å². The van der Waals surface area contributed by atoms with E-state index < -0.39 is 17.7 Å². The molecule has 0 radical (unpaired) electrons. The van der Waals surface area contributed by atoms with Gasteiger partial charge in [0, 0.05) is 30.2 Å². The topological polar surface area (TPSA) is 94.5 Å². The fourth-order valence-electron chi connectivity index (χ4n) is 3.89. The van der Waals surface area contributed by atoms with Crippen molar-refractivity contribution in [2.75, 3.05) is 6.61 Å². The normalized spacial score (nSPS) is 18.9. The minimum atomic E-state index is -0.762. The summed E-state index contributed by atoms with van der Waals surface area (Å²) in [6.45, 7) is 9.54. The number of esters is 1.